The number of benzene rings is 1. The Labute approximate surface area is 123 Å². The summed E-state index contributed by atoms with van der Waals surface area (Å²) in [4.78, 5) is 22.7. The maximum Gasteiger partial charge on any atom is 0.319 e. The zero-order chi connectivity index (χ0) is 15.3. The van der Waals surface area contributed by atoms with Crippen LogP contribution in [-0.2, 0) is 4.79 Å². The summed E-state index contributed by atoms with van der Waals surface area (Å²) < 4.78 is 0. The summed E-state index contributed by atoms with van der Waals surface area (Å²) in [7, 11) is 0. The predicted octanol–water partition coefficient (Wildman–Crippen LogP) is 3.27. The Bertz CT molecular complexity index is 503. The molecule has 0 fully saturated rings. The first-order chi connectivity index (χ1) is 9.29. The third kappa shape index (κ3) is 5.09. The average Bonchev–Trinajstić information content (AvgIpc) is 2.32. The Kier molecular flexibility index (Phi) is 5.82. The Morgan fingerprint density at radius 3 is 2.55 bits per heavy atom. The van der Waals surface area contributed by atoms with Crippen LogP contribution in [0.3, 0.4) is 0 Å². The number of carbonyl (C=O) groups excluding carboxylic acids is 1. The summed E-state index contributed by atoms with van der Waals surface area (Å²) in [5, 5.41) is 14.5. The van der Waals surface area contributed by atoms with Crippen molar-refractivity contribution in [1.29, 1.82) is 0 Å². The number of nitrogens with one attached hydrogen (secondary N) is 2. The van der Waals surface area contributed by atoms with E-state index in [1.807, 2.05) is 26.8 Å². The lowest BCUT2D eigenvalue weighted by Gasteiger charge is -2.21. The van der Waals surface area contributed by atoms with Crippen LogP contribution in [0, 0.1) is 12.8 Å². The normalized spacial score (nSPS) is 12.1. The molecule has 0 aliphatic heterocycles. The van der Waals surface area contributed by atoms with E-state index in [1.54, 1.807) is 12.1 Å². The van der Waals surface area contributed by atoms with Crippen LogP contribution >= 0.6 is 11.6 Å². The standard InChI is InChI=1S/C14H19ClN2O3/c1-8(2)11(7-13(18)19)16-14(20)17-12-6-9(3)4-5-10(12)15/h4-6,8,11H,7H2,1-3H3,(H,18,19)(H2,16,17,20). The maximum absolute atomic E-state index is 11.9. The van der Waals surface area contributed by atoms with Crippen molar-refractivity contribution in [2.24, 2.45) is 5.92 Å². The van der Waals surface area contributed by atoms with Crippen LogP contribution in [0.1, 0.15) is 25.8 Å². The first kappa shape index (κ1) is 16.3. The molecule has 2 amide bonds. The first-order valence-corrected chi connectivity index (χ1v) is 6.73. The van der Waals surface area contributed by atoms with E-state index in [-0.39, 0.29) is 12.3 Å². The Balaban J connectivity index is 2.70. The number of carbonyl (C=O) groups is 2. The van der Waals surface area contributed by atoms with Crippen molar-refractivity contribution in [3.05, 3.63) is 28.8 Å². The van der Waals surface area contributed by atoms with Crippen molar-refractivity contribution >= 4 is 29.3 Å². The van der Waals surface area contributed by atoms with Gasteiger partial charge in [-0.15, -0.1) is 0 Å². The first-order valence-electron chi connectivity index (χ1n) is 6.35. The lowest BCUT2D eigenvalue weighted by Crippen LogP contribution is -2.42. The highest BCUT2D eigenvalue weighted by atomic mass is 35.5. The molecular formula is C14H19ClN2O3. The fourth-order valence-corrected chi connectivity index (χ4v) is 1.87. The fraction of sp³-hybridized carbons (Fsp3) is 0.429. The molecule has 1 unspecified atom stereocenters. The fourth-order valence-electron chi connectivity index (χ4n) is 1.70. The van der Waals surface area contributed by atoms with Crippen LogP contribution in [-0.4, -0.2) is 23.1 Å². The zero-order valence-corrected chi connectivity index (χ0v) is 12.5. The van der Waals surface area contributed by atoms with Crippen LogP contribution in [0.15, 0.2) is 18.2 Å². The number of hydrogen-bond donors (Lipinski definition) is 3. The second-order valence-corrected chi connectivity index (χ2v) is 5.44. The van der Waals surface area contributed by atoms with Gasteiger partial charge in [-0.2, -0.15) is 0 Å². The van der Waals surface area contributed by atoms with Crippen molar-refractivity contribution < 1.29 is 14.7 Å². The minimum atomic E-state index is -0.947. The average molecular weight is 299 g/mol. The zero-order valence-electron chi connectivity index (χ0n) is 11.7. The maximum atomic E-state index is 11.9. The second-order valence-electron chi connectivity index (χ2n) is 5.03. The Morgan fingerprint density at radius 1 is 1.35 bits per heavy atom. The summed E-state index contributed by atoms with van der Waals surface area (Å²) >= 11 is 5.99. The molecule has 1 rings (SSSR count). The molecule has 110 valence electrons. The van der Waals surface area contributed by atoms with Crippen LogP contribution in [0.4, 0.5) is 10.5 Å². The number of carboxylic acids is 1. The number of hydrogen-bond acceptors (Lipinski definition) is 2. The molecule has 6 heteroatoms. The van der Waals surface area contributed by atoms with E-state index in [0.29, 0.717) is 10.7 Å². The van der Waals surface area contributed by atoms with E-state index in [0.717, 1.165) is 5.56 Å². The van der Waals surface area contributed by atoms with E-state index < -0.39 is 18.0 Å². The van der Waals surface area contributed by atoms with Gasteiger partial charge in [-0.05, 0) is 30.5 Å². The molecule has 0 aliphatic rings. The van der Waals surface area contributed by atoms with Crippen LogP contribution in [0.5, 0.6) is 0 Å². The van der Waals surface area contributed by atoms with E-state index in [1.165, 1.54) is 0 Å². The molecule has 0 aliphatic carbocycles. The highest BCUT2D eigenvalue weighted by molar-refractivity contribution is 6.33. The van der Waals surface area contributed by atoms with Gasteiger partial charge in [0.2, 0.25) is 0 Å². The van der Waals surface area contributed by atoms with Crippen molar-refractivity contribution in [3.8, 4) is 0 Å². The SMILES string of the molecule is Cc1ccc(Cl)c(NC(=O)NC(CC(=O)O)C(C)C)c1. The number of carboxylic acid groups (broad SMARTS) is 1. The van der Waals surface area contributed by atoms with Gasteiger partial charge in [0, 0.05) is 6.04 Å². The van der Waals surface area contributed by atoms with E-state index in [2.05, 4.69) is 10.6 Å². The van der Waals surface area contributed by atoms with Gasteiger partial charge < -0.3 is 15.7 Å². The molecular weight excluding hydrogens is 280 g/mol. The molecule has 0 radical (unpaired) electrons. The monoisotopic (exact) mass is 298 g/mol. The molecule has 1 aromatic carbocycles. The quantitative estimate of drug-likeness (QED) is 0.780. The molecule has 0 spiro atoms. The molecule has 20 heavy (non-hydrogen) atoms. The van der Waals surface area contributed by atoms with Gasteiger partial charge in [0.15, 0.2) is 0 Å². The lowest BCUT2D eigenvalue weighted by molar-refractivity contribution is -0.137. The molecule has 5 nitrogen and oxygen atoms in total. The van der Waals surface area contributed by atoms with Gasteiger partial charge in [0.05, 0.1) is 17.1 Å². The number of aryl methyl sites for hydroxylation is 1. The van der Waals surface area contributed by atoms with Crippen LogP contribution in [0.2, 0.25) is 5.02 Å². The highest BCUT2D eigenvalue weighted by Crippen LogP contribution is 2.22. The summed E-state index contributed by atoms with van der Waals surface area (Å²) in [5.41, 5.74) is 1.47. The van der Waals surface area contributed by atoms with Crippen molar-refractivity contribution in [1.82, 2.24) is 5.32 Å². The van der Waals surface area contributed by atoms with Gasteiger partial charge in [-0.25, -0.2) is 4.79 Å². The molecule has 1 atom stereocenters. The Hall–Kier alpha value is -1.75. The molecule has 0 heterocycles. The molecule has 0 saturated heterocycles. The third-order valence-corrected chi connectivity index (χ3v) is 3.22. The lowest BCUT2D eigenvalue weighted by atomic mass is 10.0. The van der Waals surface area contributed by atoms with Crippen molar-refractivity contribution in [2.75, 3.05) is 5.32 Å². The summed E-state index contributed by atoms with van der Waals surface area (Å²) in [6, 6.07) is 4.40. The minimum absolute atomic E-state index is 0.0184. The Morgan fingerprint density at radius 2 is 2.00 bits per heavy atom. The number of rotatable bonds is 5. The van der Waals surface area contributed by atoms with Gasteiger partial charge >= 0.3 is 12.0 Å². The summed E-state index contributed by atoms with van der Waals surface area (Å²) in [6.07, 6.45) is -0.118. The predicted molar refractivity (Wildman–Crippen MR) is 79.2 cm³/mol. The third-order valence-electron chi connectivity index (χ3n) is 2.89. The second kappa shape index (κ2) is 7.14. The van der Waals surface area contributed by atoms with Crippen molar-refractivity contribution in [2.45, 2.75) is 33.2 Å². The number of anilines is 1. The topological polar surface area (TPSA) is 78.4 Å². The van der Waals surface area contributed by atoms with Crippen LogP contribution in [0.25, 0.3) is 0 Å². The van der Waals surface area contributed by atoms with Gasteiger partial charge in [-0.3, -0.25) is 4.79 Å². The smallest absolute Gasteiger partial charge is 0.319 e. The van der Waals surface area contributed by atoms with Gasteiger partial charge in [0.25, 0.3) is 0 Å². The van der Waals surface area contributed by atoms with E-state index >= 15 is 0 Å². The number of aliphatic carboxylic acids is 1. The molecule has 1 aromatic rings. The molecule has 3 N–H and O–H groups in total. The summed E-state index contributed by atoms with van der Waals surface area (Å²) in [6.45, 7) is 5.60. The molecule has 0 bridgehead atoms. The summed E-state index contributed by atoms with van der Waals surface area (Å²) in [5.74, 6) is -0.928. The van der Waals surface area contributed by atoms with Crippen LogP contribution < -0.4 is 10.6 Å². The largest absolute Gasteiger partial charge is 0.481 e. The van der Waals surface area contributed by atoms with Gasteiger partial charge in [0.1, 0.15) is 0 Å². The minimum Gasteiger partial charge on any atom is -0.481 e. The number of urea groups is 1. The number of amides is 2. The van der Waals surface area contributed by atoms with Crippen molar-refractivity contribution in [3.63, 3.8) is 0 Å². The van der Waals surface area contributed by atoms with Gasteiger partial charge in [-0.1, -0.05) is 31.5 Å². The molecule has 0 aromatic heterocycles. The van der Waals surface area contributed by atoms with E-state index in [9.17, 15) is 9.59 Å². The molecule has 0 saturated carbocycles. The highest BCUT2D eigenvalue weighted by Gasteiger charge is 2.19. The van der Waals surface area contributed by atoms with E-state index in [4.69, 9.17) is 16.7 Å². The number of halogens is 1.